The lowest BCUT2D eigenvalue weighted by Crippen LogP contribution is -2.23. The van der Waals surface area contributed by atoms with Gasteiger partial charge >= 0.3 is 0 Å². The average molecular weight is 330 g/mol. The molecule has 0 aliphatic heterocycles. The number of hydrogen-bond acceptors (Lipinski definition) is 5. The van der Waals surface area contributed by atoms with Gasteiger partial charge in [-0.25, -0.2) is 0 Å². The van der Waals surface area contributed by atoms with Gasteiger partial charge in [0, 0.05) is 12.5 Å². The van der Waals surface area contributed by atoms with E-state index >= 15 is 0 Å². The molecule has 0 aromatic carbocycles. The molecule has 0 bridgehead atoms. The van der Waals surface area contributed by atoms with Crippen molar-refractivity contribution in [3.63, 3.8) is 0 Å². The predicted molar refractivity (Wildman–Crippen MR) is 76.8 cm³/mol. The maximum atomic E-state index is 5.24. The number of halogens is 1. The van der Waals surface area contributed by atoms with Crippen molar-refractivity contribution in [2.24, 2.45) is 0 Å². The van der Waals surface area contributed by atoms with Crippen molar-refractivity contribution in [1.29, 1.82) is 0 Å². The van der Waals surface area contributed by atoms with Crippen LogP contribution < -0.4 is 5.32 Å². The highest BCUT2D eigenvalue weighted by Crippen LogP contribution is 2.29. The van der Waals surface area contributed by atoms with Crippen LogP contribution in [-0.2, 0) is 6.42 Å². The third kappa shape index (κ3) is 3.90. The van der Waals surface area contributed by atoms with Gasteiger partial charge in [-0.05, 0) is 41.0 Å². The fraction of sp³-hybridized carbons (Fsp3) is 0.500. The summed E-state index contributed by atoms with van der Waals surface area (Å²) in [6.45, 7) is 5.25. The fourth-order valence-electron chi connectivity index (χ4n) is 1.52. The van der Waals surface area contributed by atoms with E-state index in [1.807, 2.05) is 12.1 Å². The third-order valence-electron chi connectivity index (χ3n) is 2.38. The summed E-state index contributed by atoms with van der Waals surface area (Å²) in [6, 6.07) is 4.50. The smallest absolute Gasteiger partial charge is 0.227 e. The van der Waals surface area contributed by atoms with Crippen LogP contribution in [0, 0.1) is 0 Å². The highest BCUT2D eigenvalue weighted by Gasteiger charge is 2.10. The summed E-state index contributed by atoms with van der Waals surface area (Å²) >= 11 is 5.03. The largest absolute Gasteiger partial charge is 0.339 e. The molecule has 0 aliphatic carbocycles. The Balaban J connectivity index is 1.86. The van der Waals surface area contributed by atoms with Crippen LogP contribution in [0.5, 0.6) is 0 Å². The first-order chi connectivity index (χ1) is 8.65. The quantitative estimate of drug-likeness (QED) is 0.824. The van der Waals surface area contributed by atoms with Crippen molar-refractivity contribution in [3.8, 4) is 10.7 Å². The molecule has 6 heteroatoms. The molecule has 2 aromatic rings. The number of aryl methyl sites for hydroxylation is 1. The van der Waals surface area contributed by atoms with E-state index in [0.29, 0.717) is 17.8 Å². The molecule has 0 spiro atoms. The van der Waals surface area contributed by atoms with E-state index in [1.54, 1.807) is 11.3 Å². The summed E-state index contributed by atoms with van der Waals surface area (Å²) in [4.78, 5) is 5.42. The Morgan fingerprint density at radius 1 is 1.44 bits per heavy atom. The minimum atomic E-state index is 0.520. The summed E-state index contributed by atoms with van der Waals surface area (Å²) in [5.74, 6) is 1.39. The zero-order chi connectivity index (χ0) is 13.0. The van der Waals surface area contributed by atoms with Crippen LogP contribution in [0.3, 0.4) is 0 Å². The Morgan fingerprint density at radius 2 is 2.28 bits per heavy atom. The molecule has 1 N–H and O–H groups in total. The molecule has 0 saturated carbocycles. The summed E-state index contributed by atoms with van der Waals surface area (Å²) in [6.07, 6.45) is 1.83. The number of nitrogens with zero attached hydrogens (tertiary/aromatic N) is 2. The molecule has 4 nitrogen and oxygen atoms in total. The first kappa shape index (κ1) is 13.7. The molecular formula is C12H16BrN3OS. The summed E-state index contributed by atoms with van der Waals surface area (Å²) < 4.78 is 6.31. The van der Waals surface area contributed by atoms with Crippen LogP contribution in [-0.4, -0.2) is 22.7 Å². The Hall–Kier alpha value is -0.720. The Morgan fingerprint density at radius 3 is 2.94 bits per heavy atom. The molecule has 2 aromatic heterocycles. The van der Waals surface area contributed by atoms with Gasteiger partial charge in [0.1, 0.15) is 0 Å². The van der Waals surface area contributed by atoms with Crippen LogP contribution in [0.1, 0.15) is 26.2 Å². The second-order valence-corrected chi connectivity index (χ2v) is 6.79. The highest BCUT2D eigenvalue weighted by molar-refractivity contribution is 9.11. The second kappa shape index (κ2) is 6.45. The van der Waals surface area contributed by atoms with E-state index in [2.05, 4.69) is 45.2 Å². The van der Waals surface area contributed by atoms with Crippen LogP contribution in [0.15, 0.2) is 20.4 Å². The number of thiophene rings is 1. The second-order valence-electron chi connectivity index (χ2n) is 4.33. The van der Waals surface area contributed by atoms with Crippen molar-refractivity contribution in [2.45, 2.75) is 32.7 Å². The Bertz CT molecular complexity index is 495. The SMILES string of the molecule is CC(C)NCCCc1nc(-c2ccc(Br)s2)no1. The maximum absolute atomic E-state index is 5.24. The lowest BCUT2D eigenvalue weighted by molar-refractivity contribution is 0.374. The normalized spacial score (nSPS) is 11.3. The summed E-state index contributed by atoms with van der Waals surface area (Å²) in [7, 11) is 0. The van der Waals surface area contributed by atoms with E-state index < -0.39 is 0 Å². The van der Waals surface area contributed by atoms with Gasteiger partial charge in [0.15, 0.2) is 0 Å². The van der Waals surface area contributed by atoms with Gasteiger partial charge in [0.2, 0.25) is 11.7 Å². The van der Waals surface area contributed by atoms with Gasteiger partial charge in [0.05, 0.1) is 8.66 Å². The highest BCUT2D eigenvalue weighted by atomic mass is 79.9. The van der Waals surface area contributed by atoms with Gasteiger partial charge < -0.3 is 9.84 Å². The minimum absolute atomic E-state index is 0.520. The number of rotatable bonds is 6. The molecular weight excluding hydrogens is 314 g/mol. The topological polar surface area (TPSA) is 51.0 Å². The molecule has 18 heavy (non-hydrogen) atoms. The zero-order valence-electron chi connectivity index (χ0n) is 10.4. The maximum Gasteiger partial charge on any atom is 0.227 e. The molecule has 2 rings (SSSR count). The molecule has 2 heterocycles. The standard InChI is InChI=1S/C12H16BrN3OS/c1-8(2)14-7-3-4-11-15-12(16-17-11)9-5-6-10(13)18-9/h5-6,8,14H,3-4,7H2,1-2H3. The number of nitrogens with one attached hydrogen (secondary N) is 1. The molecule has 0 saturated heterocycles. The molecule has 0 unspecified atom stereocenters. The fourth-order valence-corrected chi connectivity index (χ4v) is 2.83. The van der Waals surface area contributed by atoms with Crippen LogP contribution in [0.4, 0.5) is 0 Å². The molecule has 0 fully saturated rings. The number of aromatic nitrogens is 2. The van der Waals surface area contributed by atoms with Crippen LogP contribution in [0.2, 0.25) is 0 Å². The summed E-state index contributed by atoms with van der Waals surface area (Å²) in [5.41, 5.74) is 0. The van der Waals surface area contributed by atoms with Crippen molar-refractivity contribution < 1.29 is 4.52 Å². The van der Waals surface area contributed by atoms with Gasteiger partial charge in [-0.15, -0.1) is 11.3 Å². The lowest BCUT2D eigenvalue weighted by atomic mass is 10.3. The van der Waals surface area contributed by atoms with E-state index in [9.17, 15) is 0 Å². The Labute approximate surface area is 119 Å². The number of hydrogen-bond donors (Lipinski definition) is 1. The van der Waals surface area contributed by atoms with E-state index in [4.69, 9.17) is 4.52 Å². The van der Waals surface area contributed by atoms with Crippen molar-refractivity contribution in [3.05, 3.63) is 21.8 Å². The molecule has 0 atom stereocenters. The summed E-state index contributed by atoms with van der Waals surface area (Å²) in [5, 5.41) is 7.36. The van der Waals surface area contributed by atoms with Crippen molar-refractivity contribution >= 4 is 27.3 Å². The van der Waals surface area contributed by atoms with E-state index in [1.165, 1.54) is 0 Å². The van der Waals surface area contributed by atoms with Gasteiger partial charge in [-0.1, -0.05) is 19.0 Å². The molecule has 98 valence electrons. The third-order valence-corrected chi connectivity index (χ3v) is 4.00. The lowest BCUT2D eigenvalue weighted by Gasteiger charge is -2.05. The van der Waals surface area contributed by atoms with E-state index in [0.717, 1.165) is 28.0 Å². The zero-order valence-corrected chi connectivity index (χ0v) is 12.8. The molecule has 0 radical (unpaired) electrons. The van der Waals surface area contributed by atoms with Crippen molar-refractivity contribution in [1.82, 2.24) is 15.5 Å². The van der Waals surface area contributed by atoms with Crippen molar-refractivity contribution in [2.75, 3.05) is 6.54 Å². The predicted octanol–water partition coefficient (Wildman–Crippen LogP) is 3.49. The van der Waals surface area contributed by atoms with Gasteiger partial charge in [0.25, 0.3) is 0 Å². The van der Waals surface area contributed by atoms with Gasteiger partial charge in [-0.2, -0.15) is 4.98 Å². The van der Waals surface area contributed by atoms with Crippen LogP contribution in [0.25, 0.3) is 10.7 Å². The minimum Gasteiger partial charge on any atom is -0.339 e. The molecule has 0 aliphatic rings. The first-order valence-corrected chi connectivity index (χ1v) is 7.58. The van der Waals surface area contributed by atoms with Gasteiger partial charge in [-0.3, -0.25) is 0 Å². The first-order valence-electron chi connectivity index (χ1n) is 5.97. The molecule has 0 amide bonds. The monoisotopic (exact) mass is 329 g/mol. The van der Waals surface area contributed by atoms with E-state index in [-0.39, 0.29) is 0 Å². The average Bonchev–Trinajstić information content (AvgIpc) is 2.93. The van der Waals surface area contributed by atoms with Crippen LogP contribution >= 0.6 is 27.3 Å². The Kier molecular flexibility index (Phi) is 4.91.